The van der Waals surface area contributed by atoms with E-state index in [2.05, 4.69) is 150 Å². The zero-order chi connectivity index (χ0) is 38.4. The zero-order valence-electron chi connectivity index (χ0n) is 36.0. The van der Waals surface area contributed by atoms with Crippen LogP contribution in [0, 0.1) is 0 Å². The van der Waals surface area contributed by atoms with Gasteiger partial charge in [-0.2, -0.15) is 9.97 Å². The third kappa shape index (κ3) is 9.14. The molecule has 0 radical (unpaired) electrons. The Bertz CT molecular complexity index is 1250. The maximum absolute atomic E-state index is 6.90. The summed E-state index contributed by atoms with van der Waals surface area (Å²) in [5.41, 5.74) is -0.324. The highest BCUT2D eigenvalue weighted by Crippen LogP contribution is 2.43. The van der Waals surface area contributed by atoms with Gasteiger partial charge in [0.2, 0.25) is 5.95 Å². The third-order valence-corrected chi connectivity index (χ3v) is 13.0. The first-order chi connectivity index (χ1) is 22.9. The Labute approximate surface area is 312 Å². The lowest BCUT2D eigenvalue weighted by molar-refractivity contribution is -0.0608. The van der Waals surface area contributed by atoms with Gasteiger partial charge in [0, 0.05) is 82.1 Å². The third-order valence-electron chi connectivity index (χ3n) is 13.0. The van der Waals surface area contributed by atoms with Crippen LogP contribution in [0.3, 0.4) is 0 Å². The predicted molar refractivity (Wildman–Crippen MR) is 210 cm³/mol. The molecular weight excluding hydrogens is 637 g/mol. The maximum atomic E-state index is 6.90. The van der Waals surface area contributed by atoms with Crippen LogP contribution < -0.4 is 25.0 Å². The topological polar surface area (TPSA) is 90.9 Å². The predicted octanol–water partition coefficient (Wildman–Crippen LogP) is 7.36. The van der Waals surface area contributed by atoms with Gasteiger partial charge in [0.25, 0.3) is 0 Å². The van der Waals surface area contributed by atoms with Crippen LogP contribution in [0.25, 0.3) is 0 Å². The monoisotopic (exact) mass is 713 g/mol. The summed E-state index contributed by atoms with van der Waals surface area (Å²) in [4.78, 5) is 23.1. The number of rotatable bonds is 7. The van der Waals surface area contributed by atoms with Crippen molar-refractivity contribution >= 4 is 5.95 Å². The molecule has 0 spiro atoms. The van der Waals surface area contributed by atoms with Crippen molar-refractivity contribution in [1.82, 2.24) is 35.4 Å². The zero-order valence-corrected chi connectivity index (χ0v) is 36.0. The molecule has 0 aromatic carbocycles. The molecule has 5 heterocycles. The van der Waals surface area contributed by atoms with Crippen molar-refractivity contribution in [2.75, 3.05) is 19.0 Å². The minimum Gasteiger partial charge on any atom is -0.460 e. The summed E-state index contributed by atoms with van der Waals surface area (Å²) in [5, 5.41) is 7.85. The molecule has 51 heavy (non-hydrogen) atoms. The number of hydrogen-bond acceptors (Lipinski definition) is 10. The first-order valence-corrected chi connectivity index (χ1v) is 19.8. The summed E-state index contributed by atoms with van der Waals surface area (Å²) < 4.78 is 13.8. The second-order valence-electron chi connectivity index (χ2n) is 22.2. The van der Waals surface area contributed by atoms with Crippen LogP contribution in [0.1, 0.15) is 162 Å². The molecule has 0 atom stereocenters. The minimum atomic E-state index is -0.0507. The standard InChI is InChI=1S/C41H76N8O2/c1-34(2)19-27(20-35(3,4)45-34)49(28-21-36(5,6)46-37(7,8)22-28)31-42-32(50-29-23-38(9,10)47(17)39(11,12)24-29)44-33(43-31)51-30-25-40(13,14)48(18)41(15,16)26-30/h27-30,45-46H,19-26H2,1-18H3. The molecule has 1 aromatic rings. The first-order valence-electron chi connectivity index (χ1n) is 19.8. The van der Waals surface area contributed by atoms with Gasteiger partial charge in [0.1, 0.15) is 12.2 Å². The summed E-state index contributed by atoms with van der Waals surface area (Å²) >= 11 is 0. The van der Waals surface area contributed by atoms with Crippen LogP contribution in [0.15, 0.2) is 0 Å². The molecule has 4 fully saturated rings. The molecule has 0 bridgehead atoms. The number of hydrogen-bond donors (Lipinski definition) is 2. The van der Waals surface area contributed by atoms with Crippen molar-refractivity contribution in [3.8, 4) is 12.0 Å². The fraction of sp³-hybridized carbons (Fsp3) is 0.927. The lowest BCUT2D eigenvalue weighted by Crippen LogP contribution is -2.67. The van der Waals surface area contributed by atoms with E-state index < -0.39 is 0 Å². The van der Waals surface area contributed by atoms with Gasteiger partial charge >= 0.3 is 12.0 Å². The number of nitrogens with zero attached hydrogens (tertiary/aromatic N) is 6. The highest BCUT2D eigenvalue weighted by atomic mass is 16.5. The fourth-order valence-corrected chi connectivity index (χ4v) is 11.1. The molecule has 4 aliphatic heterocycles. The van der Waals surface area contributed by atoms with Gasteiger partial charge in [0.05, 0.1) is 0 Å². The summed E-state index contributed by atoms with van der Waals surface area (Å²) in [5.74, 6) is 0.685. The van der Waals surface area contributed by atoms with E-state index in [1.54, 1.807) is 0 Å². The highest BCUT2D eigenvalue weighted by molar-refractivity contribution is 5.38. The minimum absolute atomic E-state index is 0.0301. The van der Waals surface area contributed by atoms with E-state index in [9.17, 15) is 0 Å². The Hall–Kier alpha value is -1.75. The number of nitrogens with one attached hydrogen (secondary N) is 2. The molecule has 1 aromatic heterocycles. The Morgan fingerprint density at radius 3 is 1.02 bits per heavy atom. The summed E-state index contributed by atoms with van der Waals surface area (Å²) in [6.45, 7) is 37.1. The van der Waals surface area contributed by atoms with Gasteiger partial charge in [-0.05, 0) is 151 Å². The van der Waals surface area contributed by atoms with Crippen LogP contribution in [0.4, 0.5) is 5.95 Å². The maximum Gasteiger partial charge on any atom is 0.324 e. The van der Waals surface area contributed by atoms with E-state index in [1.165, 1.54) is 0 Å². The normalized spacial score (nSPS) is 29.4. The van der Waals surface area contributed by atoms with Crippen LogP contribution in [0.5, 0.6) is 12.0 Å². The second-order valence-corrected chi connectivity index (χ2v) is 22.2. The summed E-state index contributed by atoms with van der Waals surface area (Å²) in [7, 11) is 4.46. The molecular formula is C41H76N8O2. The Morgan fingerprint density at radius 1 is 0.471 bits per heavy atom. The van der Waals surface area contributed by atoms with Crippen molar-refractivity contribution in [1.29, 1.82) is 0 Å². The Kier molecular flexibility index (Phi) is 10.3. The van der Waals surface area contributed by atoms with Crippen LogP contribution in [-0.2, 0) is 0 Å². The van der Waals surface area contributed by atoms with Crippen molar-refractivity contribution in [3.05, 3.63) is 0 Å². The lowest BCUT2D eigenvalue weighted by atomic mass is 9.75. The SMILES string of the molecule is CN1C(C)(C)CC(Oc2nc(OC3CC(C)(C)N(C)C(C)(C)C3)nc(N(C3CC(C)(C)NC(C)(C)C3)C3CC(C)(C)NC(C)(C)C3)n2)CC1(C)C. The summed E-state index contributed by atoms with van der Waals surface area (Å²) in [6.07, 6.45) is 7.41. The largest absolute Gasteiger partial charge is 0.460 e. The number of piperidine rings is 4. The van der Waals surface area contributed by atoms with Gasteiger partial charge in [-0.1, -0.05) is 0 Å². The molecule has 10 nitrogen and oxygen atoms in total. The van der Waals surface area contributed by atoms with Gasteiger partial charge < -0.3 is 25.0 Å². The molecule has 0 saturated carbocycles. The van der Waals surface area contributed by atoms with Gasteiger partial charge in [-0.25, -0.2) is 0 Å². The smallest absolute Gasteiger partial charge is 0.324 e. The van der Waals surface area contributed by atoms with E-state index in [-0.39, 0.29) is 68.6 Å². The molecule has 4 saturated heterocycles. The number of anilines is 1. The number of likely N-dealkylation sites (tertiary alicyclic amines) is 2. The first kappa shape index (κ1) is 40.4. The molecule has 4 aliphatic rings. The van der Waals surface area contributed by atoms with Gasteiger partial charge in [-0.3, -0.25) is 9.80 Å². The average Bonchev–Trinajstić information content (AvgIpc) is 2.86. The molecule has 5 rings (SSSR count). The van der Waals surface area contributed by atoms with E-state index >= 15 is 0 Å². The molecule has 292 valence electrons. The van der Waals surface area contributed by atoms with Crippen molar-refractivity contribution in [2.45, 2.75) is 231 Å². The Balaban J connectivity index is 1.62. The van der Waals surface area contributed by atoms with Crippen LogP contribution in [-0.4, -0.2) is 107 Å². The highest BCUT2D eigenvalue weighted by Gasteiger charge is 2.49. The van der Waals surface area contributed by atoms with Crippen LogP contribution in [0.2, 0.25) is 0 Å². The number of aromatic nitrogens is 3. The molecule has 10 heteroatoms. The van der Waals surface area contributed by atoms with Gasteiger partial charge in [0.15, 0.2) is 0 Å². The molecule has 0 aliphatic carbocycles. The Morgan fingerprint density at radius 2 is 0.745 bits per heavy atom. The van der Waals surface area contributed by atoms with Crippen molar-refractivity contribution in [3.63, 3.8) is 0 Å². The van der Waals surface area contributed by atoms with Gasteiger partial charge in [-0.15, -0.1) is 4.98 Å². The van der Waals surface area contributed by atoms with E-state index in [0.717, 1.165) is 51.4 Å². The second kappa shape index (κ2) is 12.9. The van der Waals surface area contributed by atoms with E-state index in [0.29, 0.717) is 18.0 Å². The summed E-state index contributed by atoms with van der Waals surface area (Å²) in [6, 6.07) is 1.20. The molecule has 0 amide bonds. The van der Waals surface area contributed by atoms with Crippen molar-refractivity contribution in [2.24, 2.45) is 0 Å². The van der Waals surface area contributed by atoms with E-state index in [4.69, 9.17) is 24.4 Å². The van der Waals surface area contributed by atoms with E-state index in [1.807, 2.05) is 0 Å². The quantitative estimate of drug-likeness (QED) is 0.299. The van der Waals surface area contributed by atoms with Crippen LogP contribution >= 0.6 is 0 Å². The molecule has 2 N–H and O–H groups in total. The van der Waals surface area contributed by atoms with Crippen molar-refractivity contribution < 1.29 is 9.47 Å². The fourth-order valence-electron chi connectivity index (χ4n) is 11.1. The number of ether oxygens (including phenoxy) is 2. The average molecular weight is 713 g/mol. The molecule has 0 unspecified atom stereocenters. The lowest BCUT2D eigenvalue weighted by Gasteiger charge is -2.55.